The van der Waals surface area contributed by atoms with Gasteiger partial charge in [0.2, 0.25) is 17.6 Å². The van der Waals surface area contributed by atoms with E-state index in [1.165, 1.54) is 17.0 Å². The predicted octanol–water partition coefficient (Wildman–Crippen LogP) is 5.76. The van der Waals surface area contributed by atoms with Crippen LogP contribution in [-0.4, -0.2) is 40.3 Å². The molecule has 2 aliphatic carbocycles. The van der Waals surface area contributed by atoms with Crippen molar-refractivity contribution in [3.05, 3.63) is 95.6 Å². The number of halogens is 2. The van der Waals surface area contributed by atoms with Crippen LogP contribution in [0.2, 0.25) is 0 Å². The lowest BCUT2D eigenvalue weighted by molar-refractivity contribution is -0.123. The van der Waals surface area contributed by atoms with Gasteiger partial charge in [-0.25, -0.2) is 4.79 Å². The minimum Gasteiger partial charge on any atom is -0.497 e. The molecule has 7 nitrogen and oxygen atoms in total. The van der Waals surface area contributed by atoms with Gasteiger partial charge in [-0.3, -0.25) is 19.3 Å². The lowest BCUT2D eigenvalue weighted by Gasteiger charge is -2.28. The van der Waals surface area contributed by atoms with Crippen LogP contribution in [0.3, 0.4) is 0 Å². The summed E-state index contributed by atoms with van der Waals surface area (Å²) in [5.74, 6) is -1.24. The van der Waals surface area contributed by atoms with Crippen LogP contribution < -0.4 is 9.64 Å². The van der Waals surface area contributed by atoms with Crippen LogP contribution in [0.1, 0.15) is 38.8 Å². The van der Waals surface area contributed by atoms with E-state index in [-0.39, 0.29) is 56.5 Å². The van der Waals surface area contributed by atoms with Gasteiger partial charge >= 0.3 is 5.97 Å². The molecule has 1 aliphatic heterocycles. The molecule has 3 aliphatic rings. The summed E-state index contributed by atoms with van der Waals surface area (Å²) in [4.78, 5) is 54.9. The first-order valence-corrected chi connectivity index (χ1v) is 14.8. The molecule has 3 aromatic carbocycles. The van der Waals surface area contributed by atoms with Gasteiger partial charge in [0.1, 0.15) is 5.75 Å². The average Bonchev–Trinajstić information content (AvgIpc) is 3.60. The summed E-state index contributed by atoms with van der Waals surface area (Å²) in [7, 11) is 1.54. The highest BCUT2D eigenvalue weighted by atomic mass is 79.9. The standard InChI is InChI=1S/C31H25Br2NO6/c1-39-20-13-9-16(10-14-20)27(35)28(17-5-3-2-4-6-17)40-31(38)18-7-11-19(12-8-18)34-29(36)23-21-15-22(24(23)30(34)37)26(33)25(21)32/h2-14,21-26,28H,15H2,1H3/t21-,22-,23-,24+,25-,26+,28-/m1/s1. The normalized spacial score (nSPS) is 27.4. The first-order valence-electron chi connectivity index (χ1n) is 13.0. The number of esters is 1. The largest absolute Gasteiger partial charge is 0.497 e. The van der Waals surface area contributed by atoms with E-state index < -0.39 is 12.1 Å². The van der Waals surface area contributed by atoms with Gasteiger partial charge in [0.25, 0.3) is 0 Å². The zero-order valence-electron chi connectivity index (χ0n) is 21.4. The number of carbonyl (C=O) groups is 4. The van der Waals surface area contributed by atoms with E-state index in [4.69, 9.17) is 9.47 Å². The number of Topliss-reactive ketones (excluding diaryl/α,β-unsaturated/α-hetero) is 1. The molecule has 6 rings (SSSR count). The molecule has 2 bridgehead atoms. The molecule has 3 fully saturated rings. The molecule has 1 heterocycles. The Balaban J connectivity index is 1.21. The number of benzene rings is 3. The summed E-state index contributed by atoms with van der Waals surface area (Å²) in [5.41, 5.74) is 1.54. The van der Waals surface area contributed by atoms with Crippen molar-refractivity contribution in [1.82, 2.24) is 0 Å². The molecule has 2 amide bonds. The van der Waals surface area contributed by atoms with E-state index in [0.717, 1.165) is 6.42 Å². The third kappa shape index (κ3) is 4.39. The number of anilines is 1. The minimum absolute atomic E-state index is 0.119. The number of amides is 2. The van der Waals surface area contributed by atoms with E-state index >= 15 is 0 Å². The molecule has 2 saturated carbocycles. The van der Waals surface area contributed by atoms with Crippen molar-refractivity contribution < 1.29 is 28.7 Å². The van der Waals surface area contributed by atoms with Crippen molar-refractivity contribution in [3.63, 3.8) is 0 Å². The van der Waals surface area contributed by atoms with Crippen LogP contribution in [0.25, 0.3) is 0 Å². The Morgan fingerprint density at radius 2 is 1.35 bits per heavy atom. The van der Waals surface area contributed by atoms with Gasteiger partial charge in [0.15, 0.2) is 6.10 Å². The number of nitrogens with zero attached hydrogens (tertiary/aromatic N) is 1. The molecule has 0 unspecified atom stereocenters. The zero-order chi connectivity index (χ0) is 28.1. The zero-order valence-corrected chi connectivity index (χ0v) is 24.6. The fourth-order valence-electron chi connectivity index (χ4n) is 6.33. The van der Waals surface area contributed by atoms with Crippen molar-refractivity contribution in [3.8, 4) is 5.75 Å². The molecule has 40 heavy (non-hydrogen) atoms. The highest BCUT2D eigenvalue weighted by Crippen LogP contribution is 2.60. The maximum atomic E-state index is 13.4. The van der Waals surface area contributed by atoms with Crippen LogP contribution in [0.4, 0.5) is 5.69 Å². The van der Waals surface area contributed by atoms with Crippen LogP contribution in [0.5, 0.6) is 5.75 Å². The molecule has 0 N–H and O–H groups in total. The van der Waals surface area contributed by atoms with Crippen LogP contribution >= 0.6 is 31.9 Å². The molecule has 9 heteroatoms. The van der Waals surface area contributed by atoms with E-state index in [0.29, 0.717) is 22.6 Å². The summed E-state index contributed by atoms with van der Waals surface area (Å²) >= 11 is 7.41. The van der Waals surface area contributed by atoms with E-state index in [2.05, 4.69) is 31.9 Å². The van der Waals surface area contributed by atoms with Crippen molar-refractivity contribution >= 4 is 61.1 Å². The number of imide groups is 1. The third-order valence-electron chi connectivity index (χ3n) is 8.29. The Morgan fingerprint density at radius 1 is 0.800 bits per heavy atom. The second-order valence-corrected chi connectivity index (χ2v) is 12.5. The fourth-order valence-corrected chi connectivity index (χ4v) is 8.21. The quantitative estimate of drug-likeness (QED) is 0.138. The number of hydrogen-bond acceptors (Lipinski definition) is 6. The maximum absolute atomic E-state index is 13.4. The Morgan fingerprint density at radius 3 is 1.90 bits per heavy atom. The minimum atomic E-state index is -1.16. The SMILES string of the molecule is COc1ccc(C(=O)[C@H](OC(=O)c2ccc(N3C(=O)[C@@H]4[C@H]5C[C@@H]([C@H](Br)[C@@H]5Br)[C@@H]4C3=O)cc2)c2ccccc2)cc1. The van der Waals surface area contributed by atoms with Crippen molar-refractivity contribution in [2.75, 3.05) is 12.0 Å². The first kappa shape index (κ1) is 26.9. The van der Waals surface area contributed by atoms with Gasteiger partial charge in [-0.05, 0) is 66.8 Å². The predicted molar refractivity (Wildman–Crippen MR) is 155 cm³/mol. The topological polar surface area (TPSA) is 90.0 Å². The smallest absolute Gasteiger partial charge is 0.339 e. The number of ether oxygens (including phenoxy) is 2. The number of ketones is 1. The number of alkyl halides is 2. The number of rotatable bonds is 7. The van der Waals surface area contributed by atoms with Crippen molar-refractivity contribution in [1.29, 1.82) is 0 Å². The Hall–Kier alpha value is -3.30. The molecule has 7 atom stereocenters. The van der Waals surface area contributed by atoms with Crippen LogP contribution in [0.15, 0.2) is 78.9 Å². The monoisotopic (exact) mass is 665 g/mol. The number of hydrogen-bond donors (Lipinski definition) is 0. The van der Waals surface area contributed by atoms with Gasteiger partial charge in [-0.2, -0.15) is 0 Å². The van der Waals surface area contributed by atoms with Gasteiger partial charge < -0.3 is 9.47 Å². The molecule has 204 valence electrons. The molecule has 0 radical (unpaired) electrons. The van der Waals surface area contributed by atoms with E-state index in [9.17, 15) is 19.2 Å². The molecule has 3 aromatic rings. The first-order chi connectivity index (χ1) is 19.3. The fraction of sp³-hybridized carbons (Fsp3) is 0.290. The van der Waals surface area contributed by atoms with E-state index in [1.807, 2.05) is 6.07 Å². The van der Waals surface area contributed by atoms with Crippen LogP contribution in [0, 0.1) is 23.7 Å². The molecule has 0 spiro atoms. The Bertz CT molecular complexity index is 1440. The van der Waals surface area contributed by atoms with Gasteiger partial charge in [-0.15, -0.1) is 0 Å². The molecule has 1 saturated heterocycles. The highest BCUT2D eigenvalue weighted by molar-refractivity contribution is 9.12. The van der Waals surface area contributed by atoms with Crippen LogP contribution in [-0.2, 0) is 14.3 Å². The summed E-state index contributed by atoms with van der Waals surface area (Å²) in [6.45, 7) is 0. The summed E-state index contributed by atoms with van der Waals surface area (Å²) < 4.78 is 10.9. The molecular formula is C31H25Br2NO6. The summed E-state index contributed by atoms with van der Waals surface area (Å²) in [6, 6.07) is 21.6. The Labute approximate surface area is 248 Å². The second-order valence-electron chi connectivity index (χ2n) is 10.4. The lowest BCUT2D eigenvalue weighted by atomic mass is 9.81. The summed E-state index contributed by atoms with van der Waals surface area (Å²) in [5, 5.41) is 0. The van der Waals surface area contributed by atoms with E-state index in [1.54, 1.807) is 67.8 Å². The number of carbonyl (C=O) groups excluding carboxylic acids is 4. The summed E-state index contributed by atoms with van der Waals surface area (Å²) in [6.07, 6.45) is -0.303. The van der Waals surface area contributed by atoms with Crippen molar-refractivity contribution in [2.45, 2.75) is 22.2 Å². The van der Waals surface area contributed by atoms with Gasteiger partial charge in [0, 0.05) is 20.8 Å². The van der Waals surface area contributed by atoms with Crippen molar-refractivity contribution in [2.24, 2.45) is 23.7 Å². The third-order valence-corrected chi connectivity index (χ3v) is 11.5. The maximum Gasteiger partial charge on any atom is 0.339 e. The second kappa shape index (κ2) is 10.6. The van der Waals surface area contributed by atoms with Gasteiger partial charge in [-0.1, -0.05) is 62.2 Å². The lowest BCUT2D eigenvalue weighted by Crippen LogP contribution is -2.37. The highest BCUT2D eigenvalue weighted by Gasteiger charge is 2.66. The Kier molecular flexibility index (Phi) is 7.12. The number of fused-ring (bicyclic) bond motifs is 5. The molecule has 0 aromatic heterocycles. The number of methoxy groups -OCH3 is 1. The van der Waals surface area contributed by atoms with Gasteiger partial charge in [0.05, 0.1) is 30.2 Å². The molecular weight excluding hydrogens is 642 g/mol. The average molecular weight is 667 g/mol.